The van der Waals surface area contributed by atoms with Crippen LogP contribution in [0.25, 0.3) is 10.9 Å². The summed E-state index contributed by atoms with van der Waals surface area (Å²) in [4.78, 5) is 31.5. The van der Waals surface area contributed by atoms with Crippen LogP contribution < -0.4 is 0 Å². The van der Waals surface area contributed by atoms with Crippen LogP contribution in [0, 0.1) is 5.82 Å². The van der Waals surface area contributed by atoms with Gasteiger partial charge in [0.1, 0.15) is 18.4 Å². The second-order valence-corrected chi connectivity index (χ2v) is 8.26. The summed E-state index contributed by atoms with van der Waals surface area (Å²) >= 11 is 0. The molecule has 6 nitrogen and oxygen atoms in total. The highest BCUT2D eigenvalue weighted by Crippen LogP contribution is 2.42. The fourth-order valence-corrected chi connectivity index (χ4v) is 4.69. The molecular formula is C23H21FN4O2. The minimum atomic E-state index is -0.650. The Hall–Kier alpha value is -3.48. The highest BCUT2D eigenvalue weighted by molar-refractivity contribution is 5.98. The molecule has 2 amide bonds. The molecule has 0 unspecified atom stereocenters. The topological polar surface area (TPSA) is 68.8 Å². The Balaban J connectivity index is 1.52. The predicted octanol–water partition coefficient (Wildman–Crippen LogP) is 3.17. The molecule has 0 spiro atoms. The molecule has 3 aromatic rings. The van der Waals surface area contributed by atoms with Crippen molar-refractivity contribution in [2.75, 3.05) is 6.54 Å². The Labute approximate surface area is 173 Å². The van der Waals surface area contributed by atoms with Crippen LogP contribution >= 0.6 is 0 Å². The summed E-state index contributed by atoms with van der Waals surface area (Å²) < 4.78 is 13.4. The van der Waals surface area contributed by atoms with Crippen LogP contribution in [0.5, 0.6) is 0 Å². The zero-order valence-electron chi connectivity index (χ0n) is 16.7. The molecule has 1 fully saturated rings. The smallest absolute Gasteiger partial charge is 0.266 e. The van der Waals surface area contributed by atoms with E-state index in [4.69, 9.17) is 0 Å². The average molecular weight is 404 g/mol. The van der Waals surface area contributed by atoms with E-state index < -0.39 is 11.6 Å². The minimum Gasteiger partial charge on any atom is -0.356 e. The van der Waals surface area contributed by atoms with Crippen LogP contribution in [-0.4, -0.2) is 45.5 Å². The van der Waals surface area contributed by atoms with Crippen LogP contribution in [0.15, 0.2) is 53.6 Å². The summed E-state index contributed by atoms with van der Waals surface area (Å²) in [5.74, 6) is -0.774. The van der Waals surface area contributed by atoms with Crippen LogP contribution in [0.4, 0.5) is 4.39 Å². The molecule has 0 bridgehead atoms. The molecule has 0 aliphatic carbocycles. The van der Waals surface area contributed by atoms with Crippen LogP contribution in [0.3, 0.4) is 0 Å². The Morgan fingerprint density at radius 2 is 1.97 bits per heavy atom. The molecule has 5 rings (SSSR count). The van der Waals surface area contributed by atoms with Crippen molar-refractivity contribution < 1.29 is 14.0 Å². The number of hydrogen-bond acceptors (Lipinski definition) is 3. The lowest BCUT2D eigenvalue weighted by molar-refractivity contribution is -0.163. The zero-order chi connectivity index (χ0) is 21.0. The third-order valence-electron chi connectivity index (χ3n) is 6.02. The molecule has 2 aromatic carbocycles. The van der Waals surface area contributed by atoms with E-state index in [1.165, 1.54) is 23.4 Å². The lowest BCUT2D eigenvalue weighted by atomic mass is 9.82. The maximum atomic E-state index is 13.4. The van der Waals surface area contributed by atoms with E-state index in [0.717, 1.165) is 22.2 Å². The Kier molecular flexibility index (Phi) is 4.03. The van der Waals surface area contributed by atoms with Crippen LogP contribution in [-0.2, 0) is 21.5 Å². The summed E-state index contributed by atoms with van der Waals surface area (Å²) in [5, 5.41) is 6.48. The molecule has 1 atom stereocenters. The Bertz CT molecular complexity index is 1210. The quantitative estimate of drug-likeness (QED) is 0.667. The average Bonchev–Trinajstić information content (AvgIpc) is 3.09. The van der Waals surface area contributed by atoms with Gasteiger partial charge < -0.3 is 9.88 Å². The van der Waals surface area contributed by atoms with Gasteiger partial charge in [0, 0.05) is 23.0 Å². The first-order chi connectivity index (χ1) is 14.4. The summed E-state index contributed by atoms with van der Waals surface area (Å²) in [6, 6.07) is 13.3. The van der Waals surface area contributed by atoms with Gasteiger partial charge in [0.15, 0.2) is 0 Å². The monoisotopic (exact) mass is 404 g/mol. The molecule has 30 heavy (non-hydrogen) atoms. The summed E-state index contributed by atoms with van der Waals surface area (Å²) in [6.45, 7) is 3.79. The van der Waals surface area contributed by atoms with Crippen LogP contribution in [0.2, 0.25) is 0 Å². The van der Waals surface area contributed by atoms with E-state index in [0.29, 0.717) is 12.0 Å². The molecule has 0 radical (unpaired) electrons. The molecule has 3 heterocycles. The molecule has 0 saturated carbocycles. The molecule has 1 saturated heterocycles. The lowest BCUT2D eigenvalue weighted by Crippen LogP contribution is -2.66. The van der Waals surface area contributed by atoms with Crippen molar-refractivity contribution in [2.45, 2.75) is 31.8 Å². The van der Waals surface area contributed by atoms with Gasteiger partial charge in [-0.2, -0.15) is 5.10 Å². The van der Waals surface area contributed by atoms with Gasteiger partial charge in [0.2, 0.25) is 5.91 Å². The van der Waals surface area contributed by atoms with Gasteiger partial charge in [0.25, 0.3) is 5.91 Å². The number of hydrogen-bond donors (Lipinski definition) is 1. The first-order valence-electron chi connectivity index (χ1n) is 9.89. The van der Waals surface area contributed by atoms with E-state index in [-0.39, 0.29) is 24.2 Å². The second-order valence-electron chi connectivity index (χ2n) is 8.26. The number of hydrazone groups is 1. The van der Waals surface area contributed by atoms with Gasteiger partial charge in [-0.3, -0.25) is 9.59 Å². The van der Waals surface area contributed by atoms with Crippen molar-refractivity contribution in [3.63, 3.8) is 0 Å². The van der Waals surface area contributed by atoms with E-state index in [1.54, 1.807) is 17.0 Å². The number of aromatic amines is 1. The van der Waals surface area contributed by atoms with E-state index >= 15 is 0 Å². The molecule has 1 N–H and O–H groups in total. The third kappa shape index (κ3) is 2.73. The highest BCUT2D eigenvalue weighted by Gasteiger charge is 2.51. The number of amides is 2. The number of piperazine rings is 1. The third-order valence-corrected chi connectivity index (χ3v) is 6.02. The standard InChI is InChI=1S/C23H21FN4O2/c1-23(2)21-17(16-8-3-4-9-18(16)26-21)11-19-22(30)27(13-20(29)28(19)23)25-12-14-6-5-7-15(24)10-14/h3-10,12,19,26H,11,13H2,1-2H3/b25-12-/t19-/m0/s1. The largest absolute Gasteiger partial charge is 0.356 e. The fourth-order valence-electron chi connectivity index (χ4n) is 4.69. The number of carbonyl (C=O) groups is 2. The minimum absolute atomic E-state index is 0.139. The number of fused-ring (bicyclic) bond motifs is 4. The maximum Gasteiger partial charge on any atom is 0.266 e. The van der Waals surface area contributed by atoms with E-state index in [2.05, 4.69) is 10.1 Å². The summed E-state index contributed by atoms with van der Waals surface area (Å²) in [7, 11) is 0. The second kappa shape index (κ2) is 6.52. The van der Waals surface area contributed by atoms with Gasteiger partial charge in [-0.25, -0.2) is 9.40 Å². The molecular weight excluding hydrogens is 383 g/mol. The number of benzene rings is 2. The maximum absolute atomic E-state index is 13.4. The Morgan fingerprint density at radius 3 is 2.77 bits per heavy atom. The number of carbonyl (C=O) groups excluding carboxylic acids is 2. The number of para-hydroxylation sites is 1. The summed E-state index contributed by atoms with van der Waals surface area (Å²) in [6.07, 6.45) is 1.84. The van der Waals surface area contributed by atoms with Gasteiger partial charge in [-0.05, 0) is 43.2 Å². The molecule has 7 heteroatoms. The van der Waals surface area contributed by atoms with Crippen molar-refractivity contribution in [3.8, 4) is 0 Å². The van der Waals surface area contributed by atoms with Crippen molar-refractivity contribution in [3.05, 3.63) is 71.2 Å². The number of aromatic nitrogens is 1. The number of halogens is 1. The van der Waals surface area contributed by atoms with Crippen molar-refractivity contribution in [1.82, 2.24) is 14.9 Å². The van der Waals surface area contributed by atoms with E-state index in [1.807, 2.05) is 38.1 Å². The first-order valence-corrected chi connectivity index (χ1v) is 9.89. The predicted molar refractivity (Wildman–Crippen MR) is 111 cm³/mol. The fraction of sp³-hybridized carbons (Fsp3) is 0.261. The van der Waals surface area contributed by atoms with Crippen molar-refractivity contribution in [2.24, 2.45) is 5.10 Å². The number of nitrogens with zero attached hydrogens (tertiary/aromatic N) is 3. The zero-order valence-corrected chi connectivity index (χ0v) is 16.7. The number of nitrogens with one attached hydrogen (secondary N) is 1. The van der Waals surface area contributed by atoms with E-state index in [9.17, 15) is 14.0 Å². The molecule has 152 valence electrons. The number of rotatable bonds is 2. The SMILES string of the molecule is CC1(C)c2[nH]c3ccccc3c2C[C@H]2C(=O)N(/N=C\c3cccc(F)c3)CC(=O)N21. The van der Waals surface area contributed by atoms with Crippen molar-refractivity contribution >= 4 is 28.9 Å². The first kappa shape index (κ1) is 18.5. The van der Waals surface area contributed by atoms with Gasteiger partial charge >= 0.3 is 0 Å². The molecule has 2 aliphatic rings. The highest BCUT2D eigenvalue weighted by atomic mass is 19.1. The van der Waals surface area contributed by atoms with Gasteiger partial charge in [0.05, 0.1) is 11.8 Å². The molecule has 2 aliphatic heterocycles. The number of H-pyrrole nitrogens is 1. The molecule has 1 aromatic heterocycles. The lowest BCUT2D eigenvalue weighted by Gasteiger charge is -2.50. The Morgan fingerprint density at radius 1 is 1.17 bits per heavy atom. The van der Waals surface area contributed by atoms with Gasteiger partial charge in [-0.15, -0.1) is 0 Å². The van der Waals surface area contributed by atoms with Crippen molar-refractivity contribution in [1.29, 1.82) is 0 Å². The summed E-state index contributed by atoms with van der Waals surface area (Å²) in [5.41, 5.74) is 2.91. The van der Waals surface area contributed by atoms with Crippen LogP contribution in [0.1, 0.15) is 30.7 Å². The normalized spacial score (nSPS) is 20.7. The van der Waals surface area contributed by atoms with Gasteiger partial charge in [-0.1, -0.05) is 30.3 Å².